The lowest BCUT2D eigenvalue weighted by atomic mass is 10.2. The zero-order chi connectivity index (χ0) is 44.7. The number of benzene rings is 2. The molecule has 0 aliphatic rings. The molecule has 0 saturated heterocycles. The summed E-state index contributed by atoms with van der Waals surface area (Å²) in [4.78, 5) is 39.2. The Morgan fingerprint density at radius 3 is 1.68 bits per heavy atom. The number of ketones is 1. The Bertz CT molecular complexity index is 2480. The molecule has 0 aliphatic carbocycles. The third-order valence-corrected chi connectivity index (χ3v) is 7.05. The largest absolute Gasteiger partial charge is 0.481 e. The summed E-state index contributed by atoms with van der Waals surface area (Å²) in [6.45, 7) is 13.2. The number of hydrogen-bond donors (Lipinski definition) is 3. The van der Waals surface area contributed by atoms with E-state index in [-0.39, 0.29) is 26.8 Å². The highest BCUT2D eigenvalue weighted by atomic mass is 19.1. The molecule has 8 aromatic rings. The second-order valence-electron chi connectivity index (χ2n) is 11.9. The van der Waals surface area contributed by atoms with Crippen LogP contribution in [0.25, 0.3) is 46.1 Å². The lowest BCUT2D eigenvalue weighted by Crippen LogP contribution is -2.04. The Hall–Kier alpha value is -8.10. The van der Waals surface area contributed by atoms with Crippen LogP contribution in [-0.4, -0.2) is 71.7 Å². The fourth-order valence-corrected chi connectivity index (χ4v) is 4.76. The zero-order valence-electron chi connectivity index (χ0n) is 35.7. The molecule has 0 spiro atoms. The normalized spacial score (nSPS) is 9.46. The summed E-state index contributed by atoms with van der Waals surface area (Å²) in [5.74, 6) is 0.393. The van der Waals surface area contributed by atoms with Crippen LogP contribution in [-0.2, 0) is 22.7 Å². The first-order chi connectivity index (χ1) is 29.5. The van der Waals surface area contributed by atoms with Gasteiger partial charge in [-0.3, -0.25) is 18.9 Å². The number of Topliss-reactive ketones (excluding diaryl/α,β-unsaturated/α-hetero) is 1. The van der Waals surface area contributed by atoms with E-state index in [9.17, 15) is 9.18 Å². The maximum Gasteiger partial charge on any atom is 0.300 e. The van der Waals surface area contributed by atoms with Crippen molar-refractivity contribution in [3.8, 4) is 46.1 Å². The first-order valence-electron chi connectivity index (χ1n) is 18.9. The fourth-order valence-electron chi connectivity index (χ4n) is 4.76. The number of aliphatic carboxylic acids is 1. The number of anilines is 2. The van der Waals surface area contributed by atoms with Gasteiger partial charge < -0.3 is 30.4 Å². The number of halogens is 3. The topological polar surface area (TPSA) is 259 Å². The summed E-state index contributed by atoms with van der Waals surface area (Å²) in [5, 5.41) is 24.4. The van der Waals surface area contributed by atoms with Crippen LogP contribution >= 0.6 is 0 Å². The molecule has 334 valence electrons. The monoisotopic (exact) mass is 873 g/mol. The molecule has 8 rings (SSSR count). The molecule has 0 radical (unpaired) electrons. The first-order valence-corrected chi connectivity index (χ1v) is 18.9. The minimum Gasteiger partial charge on any atom is -0.481 e. The highest BCUT2D eigenvalue weighted by molar-refractivity contribution is 5.72. The van der Waals surface area contributed by atoms with E-state index >= 15 is 0 Å². The number of nitrogens with two attached hydrogens (primary N) is 2. The fraction of sp³-hybridized carbons (Fsp3) is 0.214. The number of carbonyl (C=O) groups is 2. The van der Waals surface area contributed by atoms with Crippen LogP contribution in [0, 0.1) is 5.82 Å². The van der Waals surface area contributed by atoms with Crippen LogP contribution in [0.1, 0.15) is 59.6 Å². The van der Waals surface area contributed by atoms with Gasteiger partial charge in [0.1, 0.15) is 35.5 Å². The molecule has 6 aromatic heterocycles. The maximum atomic E-state index is 13.3. The van der Waals surface area contributed by atoms with Gasteiger partial charge in [-0.05, 0) is 37.1 Å². The van der Waals surface area contributed by atoms with Gasteiger partial charge in [0.15, 0.2) is 29.0 Å². The third kappa shape index (κ3) is 16.8. The molecule has 18 nitrogen and oxygen atoms in total. The van der Waals surface area contributed by atoms with Crippen molar-refractivity contribution < 1.29 is 37.5 Å². The summed E-state index contributed by atoms with van der Waals surface area (Å²) in [5.41, 5.74) is 15.8. The number of nitrogen functional groups attached to an aromatic ring is 2. The van der Waals surface area contributed by atoms with Crippen LogP contribution in [0.15, 0.2) is 119 Å². The average molecular weight is 874 g/mol. The molecule has 0 amide bonds. The highest BCUT2D eigenvalue weighted by Gasteiger charge is 2.19. The van der Waals surface area contributed by atoms with Crippen molar-refractivity contribution in [3.05, 3.63) is 127 Å². The van der Waals surface area contributed by atoms with E-state index in [1.165, 1.54) is 26.4 Å². The summed E-state index contributed by atoms with van der Waals surface area (Å²) < 4.78 is 26.7. The van der Waals surface area contributed by atoms with Crippen molar-refractivity contribution in [3.63, 3.8) is 0 Å². The van der Waals surface area contributed by atoms with Crippen LogP contribution in [0.3, 0.4) is 0 Å². The summed E-state index contributed by atoms with van der Waals surface area (Å²) >= 11 is 0. The van der Waals surface area contributed by atoms with Crippen molar-refractivity contribution in [2.24, 2.45) is 0 Å². The van der Waals surface area contributed by atoms with Crippen LogP contribution in [0.5, 0.6) is 0 Å². The van der Waals surface area contributed by atoms with E-state index in [0.29, 0.717) is 53.5 Å². The first kappa shape index (κ1) is 52.9. The molecule has 63 heavy (non-hydrogen) atoms. The molecular weight excluding hydrogens is 824 g/mol. The van der Waals surface area contributed by atoms with Crippen molar-refractivity contribution >= 4 is 23.4 Å². The quantitative estimate of drug-likeness (QED) is 0.131. The molecule has 2 aromatic carbocycles. The van der Waals surface area contributed by atoms with E-state index in [4.69, 9.17) is 30.4 Å². The number of hydrogen-bond acceptors (Lipinski definition) is 15. The predicted molar refractivity (Wildman–Crippen MR) is 233 cm³/mol. The van der Waals surface area contributed by atoms with E-state index in [2.05, 4.69) is 45.4 Å². The molecule has 5 N–H and O–H groups in total. The molecule has 6 heterocycles. The van der Waals surface area contributed by atoms with Crippen molar-refractivity contribution in [2.75, 3.05) is 11.5 Å². The minimum absolute atomic E-state index is 0. The number of rotatable bonds is 8. The Morgan fingerprint density at radius 1 is 0.667 bits per heavy atom. The minimum atomic E-state index is -0.833. The van der Waals surface area contributed by atoms with Crippen LogP contribution < -0.4 is 11.5 Å². The maximum absolute atomic E-state index is 13.3. The average Bonchev–Trinajstić information content (AvgIpc) is 4.10. The zero-order valence-corrected chi connectivity index (χ0v) is 35.7. The number of carboxylic acids is 1. The van der Waals surface area contributed by atoms with Crippen molar-refractivity contribution in [1.82, 2.24) is 54.8 Å². The Labute approximate surface area is 361 Å². The SMILES string of the molecule is CC.CC.CC(=O)O.CC(C)=O.F.F.Nc1ccnc(-c2nc(-c3ccon3)n(Cc3ccccc3)n2)n1.Nc1nc(-c2cc(-c3ccon3)n(Cc3ccccc3)n2)ncc1F. The van der Waals surface area contributed by atoms with Crippen LogP contribution in [0.2, 0.25) is 0 Å². The lowest BCUT2D eigenvalue weighted by molar-refractivity contribution is -0.134. The molecule has 0 aliphatic heterocycles. The van der Waals surface area contributed by atoms with Gasteiger partial charge in [0, 0.05) is 25.3 Å². The Kier molecular flexibility index (Phi) is 23.2. The second kappa shape index (κ2) is 27.6. The molecule has 0 atom stereocenters. The lowest BCUT2D eigenvalue weighted by Gasteiger charge is -2.05. The summed E-state index contributed by atoms with van der Waals surface area (Å²) in [6, 6.07) is 26.7. The molecule has 0 saturated carbocycles. The number of aromatic nitrogens is 11. The van der Waals surface area contributed by atoms with Gasteiger partial charge in [-0.15, -0.1) is 5.10 Å². The summed E-state index contributed by atoms with van der Waals surface area (Å²) in [7, 11) is 0. The van der Waals surface area contributed by atoms with Crippen molar-refractivity contribution in [2.45, 2.75) is 61.6 Å². The van der Waals surface area contributed by atoms with Gasteiger partial charge in [0.05, 0.1) is 25.0 Å². The highest BCUT2D eigenvalue weighted by Crippen LogP contribution is 2.25. The number of nitrogens with zero attached hydrogens (tertiary/aromatic N) is 11. The smallest absolute Gasteiger partial charge is 0.300 e. The molecule has 0 unspecified atom stereocenters. The van der Waals surface area contributed by atoms with E-state index in [0.717, 1.165) is 29.9 Å². The Morgan fingerprint density at radius 2 is 1.19 bits per heavy atom. The van der Waals surface area contributed by atoms with Gasteiger partial charge in [-0.2, -0.15) is 5.10 Å². The van der Waals surface area contributed by atoms with Crippen molar-refractivity contribution in [1.29, 1.82) is 0 Å². The Balaban J connectivity index is 0.000000493. The van der Waals surface area contributed by atoms with Gasteiger partial charge in [-0.25, -0.2) is 34.0 Å². The van der Waals surface area contributed by atoms with Gasteiger partial charge in [-0.1, -0.05) is 98.7 Å². The number of carboxylic acid groups (broad SMARTS) is 1. The van der Waals surface area contributed by atoms with E-state index in [1.54, 1.807) is 39.8 Å². The molecule has 0 fully saturated rings. The number of carbonyl (C=O) groups excluding carboxylic acids is 1. The summed E-state index contributed by atoms with van der Waals surface area (Å²) in [6.07, 6.45) is 5.59. The van der Waals surface area contributed by atoms with E-state index < -0.39 is 11.8 Å². The van der Waals surface area contributed by atoms with Gasteiger partial charge >= 0.3 is 0 Å². The standard InChI is InChI=1S/C17H13FN6O.C16H13N7O.C3H6O.C2H4O2.2C2H6.2FH/c18-12-9-20-17(21-16(12)19)14-8-15(13-6-7-25-23-13)24(22-14)10-11-4-2-1-3-5-11;17-13-6-8-18-14(19-13)15-20-16(12-7-9-24-22-12)23(21-15)10-11-4-2-1-3-5-11;1-3(2)4;1-2(3)4;2*1-2;;/h1-9H,10H2,(H2,19,20,21);1-9H,10H2,(H2,17,18,19);1-2H3;1H3,(H,3,4);2*1-2H3;2*1H. The third-order valence-electron chi connectivity index (χ3n) is 7.05. The molecule has 0 bridgehead atoms. The van der Waals surface area contributed by atoms with E-state index in [1.807, 2.05) is 88.4 Å². The van der Waals surface area contributed by atoms with Gasteiger partial charge in [0.2, 0.25) is 11.6 Å². The van der Waals surface area contributed by atoms with Crippen LogP contribution in [0.4, 0.5) is 25.4 Å². The van der Waals surface area contributed by atoms with Gasteiger partial charge in [0.25, 0.3) is 5.97 Å². The predicted octanol–water partition coefficient (Wildman–Crippen LogP) is 7.83. The molecule has 21 heteroatoms. The second-order valence-corrected chi connectivity index (χ2v) is 11.9. The molecular formula is C42H50F3N13O5.